The molecule has 0 saturated carbocycles. The van der Waals surface area contributed by atoms with E-state index in [-0.39, 0.29) is 18.1 Å². The van der Waals surface area contributed by atoms with Gasteiger partial charge in [0.2, 0.25) is 5.91 Å². The van der Waals surface area contributed by atoms with Crippen molar-refractivity contribution in [3.8, 4) is 0 Å². The summed E-state index contributed by atoms with van der Waals surface area (Å²) in [6, 6.07) is 12.5. The fourth-order valence-corrected chi connectivity index (χ4v) is 3.22. The van der Waals surface area contributed by atoms with E-state index in [1.54, 1.807) is 18.5 Å². The zero-order valence-electron chi connectivity index (χ0n) is 16.9. The quantitative estimate of drug-likeness (QED) is 0.674. The summed E-state index contributed by atoms with van der Waals surface area (Å²) in [5.74, 6) is -2.52. The first-order chi connectivity index (χ1) is 14.2. The van der Waals surface area contributed by atoms with Crippen LogP contribution in [-0.4, -0.2) is 40.1 Å². The molecule has 30 heavy (non-hydrogen) atoms. The predicted octanol–water partition coefficient (Wildman–Crippen LogP) is 3.54. The molecule has 0 spiro atoms. The molecule has 1 heterocycles. The molecular weight excluding hydrogens is 390 g/mol. The monoisotopic (exact) mass is 412 g/mol. The number of carbonyl (C=O) groups excluding carboxylic acids is 2. The highest BCUT2D eigenvalue weighted by molar-refractivity contribution is 6.00. The average molecular weight is 412 g/mol. The molecule has 0 bridgehead atoms. The van der Waals surface area contributed by atoms with Crippen molar-refractivity contribution in [3.05, 3.63) is 82.7 Å². The van der Waals surface area contributed by atoms with Crippen molar-refractivity contribution < 1.29 is 18.4 Å². The van der Waals surface area contributed by atoms with Gasteiger partial charge < -0.3 is 10.2 Å². The average Bonchev–Trinajstić information content (AvgIpc) is 2.94. The molecule has 0 saturated heterocycles. The van der Waals surface area contributed by atoms with Crippen LogP contribution in [0.5, 0.6) is 0 Å². The van der Waals surface area contributed by atoms with Gasteiger partial charge in [0.15, 0.2) is 0 Å². The fraction of sp³-hybridized carbons (Fsp3) is 0.227. The van der Waals surface area contributed by atoms with Crippen LogP contribution in [0, 0.1) is 25.5 Å². The third-order valence-electron chi connectivity index (χ3n) is 4.64. The SMILES string of the molecule is Cc1nn(Cc2ccccc2)c(C)c1C(=O)N(C)CC(=O)Nc1cc(F)cc(F)c1. The number of benzene rings is 2. The molecule has 0 atom stereocenters. The first kappa shape index (κ1) is 21.2. The molecule has 6 nitrogen and oxygen atoms in total. The molecule has 2 aromatic carbocycles. The number of anilines is 1. The number of amides is 2. The van der Waals surface area contributed by atoms with E-state index in [9.17, 15) is 18.4 Å². The van der Waals surface area contributed by atoms with Gasteiger partial charge in [0, 0.05) is 24.5 Å². The maximum atomic E-state index is 13.3. The molecule has 0 aliphatic heterocycles. The summed E-state index contributed by atoms with van der Waals surface area (Å²) < 4.78 is 28.3. The van der Waals surface area contributed by atoms with Gasteiger partial charge in [-0.15, -0.1) is 0 Å². The van der Waals surface area contributed by atoms with Crippen molar-refractivity contribution in [2.24, 2.45) is 0 Å². The second-order valence-electron chi connectivity index (χ2n) is 7.06. The molecule has 3 aromatic rings. The van der Waals surface area contributed by atoms with E-state index in [4.69, 9.17) is 0 Å². The summed E-state index contributed by atoms with van der Waals surface area (Å²) in [4.78, 5) is 26.4. The normalized spacial score (nSPS) is 10.7. The molecule has 0 unspecified atom stereocenters. The maximum Gasteiger partial charge on any atom is 0.257 e. The molecule has 0 radical (unpaired) electrons. The number of nitrogens with one attached hydrogen (secondary N) is 1. The highest BCUT2D eigenvalue weighted by atomic mass is 19.1. The minimum Gasteiger partial charge on any atom is -0.332 e. The van der Waals surface area contributed by atoms with Gasteiger partial charge >= 0.3 is 0 Å². The predicted molar refractivity (Wildman–Crippen MR) is 109 cm³/mol. The lowest BCUT2D eigenvalue weighted by Gasteiger charge is -2.17. The Morgan fingerprint density at radius 3 is 2.33 bits per heavy atom. The number of aryl methyl sites for hydroxylation is 1. The summed E-state index contributed by atoms with van der Waals surface area (Å²) >= 11 is 0. The molecule has 2 amide bonds. The highest BCUT2D eigenvalue weighted by Gasteiger charge is 2.23. The highest BCUT2D eigenvalue weighted by Crippen LogP contribution is 2.17. The number of halogens is 2. The van der Waals surface area contributed by atoms with E-state index >= 15 is 0 Å². The minimum atomic E-state index is -0.799. The van der Waals surface area contributed by atoms with E-state index in [0.29, 0.717) is 29.6 Å². The van der Waals surface area contributed by atoms with Crippen molar-refractivity contribution in [1.82, 2.24) is 14.7 Å². The van der Waals surface area contributed by atoms with Gasteiger partial charge in [0.05, 0.1) is 24.3 Å². The third-order valence-corrected chi connectivity index (χ3v) is 4.64. The maximum absolute atomic E-state index is 13.3. The van der Waals surface area contributed by atoms with Crippen LogP contribution in [0.4, 0.5) is 14.5 Å². The first-order valence-electron chi connectivity index (χ1n) is 9.34. The standard InChI is InChI=1S/C22H22F2N4O2/c1-14-21(15(2)28(26-14)12-16-7-5-4-6-8-16)22(30)27(3)13-20(29)25-19-10-17(23)9-18(24)11-19/h4-11H,12-13H2,1-3H3,(H,25,29). The summed E-state index contributed by atoms with van der Waals surface area (Å²) in [5, 5.41) is 6.85. The molecule has 0 aliphatic rings. The zero-order valence-corrected chi connectivity index (χ0v) is 16.9. The minimum absolute atomic E-state index is 0.0126. The summed E-state index contributed by atoms with van der Waals surface area (Å²) in [6.07, 6.45) is 0. The molecule has 1 N–H and O–H groups in total. The Kier molecular flexibility index (Phi) is 6.25. The fourth-order valence-electron chi connectivity index (χ4n) is 3.22. The van der Waals surface area contributed by atoms with Crippen LogP contribution < -0.4 is 5.32 Å². The molecular formula is C22H22F2N4O2. The van der Waals surface area contributed by atoms with Gasteiger partial charge in [-0.05, 0) is 31.5 Å². The lowest BCUT2D eigenvalue weighted by atomic mass is 10.1. The number of aromatic nitrogens is 2. The topological polar surface area (TPSA) is 67.2 Å². The summed E-state index contributed by atoms with van der Waals surface area (Å²) in [6.45, 7) is 3.79. The Morgan fingerprint density at radius 2 is 1.70 bits per heavy atom. The van der Waals surface area contributed by atoms with Gasteiger partial charge in [-0.25, -0.2) is 8.78 Å². The molecule has 156 valence electrons. The Bertz CT molecular complexity index is 1060. The Hall–Kier alpha value is -3.55. The van der Waals surface area contributed by atoms with Crippen molar-refractivity contribution in [2.45, 2.75) is 20.4 Å². The largest absolute Gasteiger partial charge is 0.332 e. The Balaban J connectivity index is 1.70. The second kappa shape index (κ2) is 8.86. The number of nitrogens with zero attached hydrogens (tertiary/aromatic N) is 3. The number of hydrogen-bond donors (Lipinski definition) is 1. The van der Waals surface area contributed by atoms with Gasteiger partial charge in [0.25, 0.3) is 5.91 Å². The molecule has 1 aromatic heterocycles. The lowest BCUT2D eigenvalue weighted by molar-refractivity contribution is -0.116. The van der Waals surface area contributed by atoms with Crippen LogP contribution in [0.25, 0.3) is 0 Å². The van der Waals surface area contributed by atoms with Gasteiger partial charge in [-0.1, -0.05) is 30.3 Å². The zero-order chi connectivity index (χ0) is 21.8. The van der Waals surface area contributed by atoms with Crippen molar-refractivity contribution in [2.75, 3.05) is 18.9 Å². The number of rotatable bonds is 6. The smallest absolute Gasteiger partial charge is 0.257 e. The van der Waals surface area contributed by atoms with Crippen LogP contribution >= 0.6 is 0 Å². The Labute approximate surface area is 173 Å². The first-order valence-corrected chi connectivity index (χ1v) is 9.34. The van der Waals surface area contributed by atoms with Crippen molar-refractivity contribution >= 4 is 17.5 Å². The van der Waals surface area contributed by atoms with Crippen molar-refractivity contribution in [1.29, 1.82) is 0 Å². The number of likely N-dealkylation sites (N-methyl/N-ethyl adjacent to an activating group) is 1. The Morgan fingerprint density at radius 1 is 1.07 bits per heavy atom. The molecule has 8 heteroatoms. The van der Waals surface area contributed by atoms with Gasteiger partial charge in [0.1, 0.15) is 11.6 Å². The van der Waals surface area contributed by atoms with Gasteiger partial charge in [-0.2, -0.15) is 5.10 Å². The number of hydrogen-bond acceptors (Lipinski definition) is 3. The number of carbonyl (C=O) groups is 2. The van der Waals surface area contributed by atoms with E-state index < -0.39 is 17.5 Å². The second-order valence-corrected chi connectivity index (χ2v) is 7.06. The van der Waals surface area contributed by atoms with Crippen LogP contribution in [0.2, 0.25) is 0 Å². The van der Waals surface area contributed by atoms with Gasteiger partial charge in [-0.3, -0.25) is 14.3 Å². The third kappa shape index (κ3) is 4.89. The summed E-state index contributed by atoms with van der Waals surface area (Å²) in [7, 11) is 1.49. The van der Waals surface area contributed by atoms with E-state index in [0.717, 1.165) is 17.7 Å². The van der Waals surface area contributed by atoms with Crippen LogP contribution in [-0.2, 0) is 11.3 Å². The van der Waals surface area contributed by atoms with E-state index in [1.807, 2.05) is 30.3 Å². The van der Waals surface area contributed by atoms with E-state index in [1.165, 1.54) is 11.9 Å². The molecule has 0 fully saturated rings. The molecule has 3 rings (SSSR count). The van der Waals surface area contributed by atoms with Crippen LogP contribution in [0.1, 0.15) is 27.3 Å². The molecule has 0 aliphatic carbocycles. The van der Waals surface area contributed by atoms with Crippen molar-refractivity contribution in [3.63, 3.8) is 0 Å². The van der Waals surface area contributed by atoms with E-state index in [2.05, 4.69) is 10.4 Å². The van der Waals surface area contributed by atoms with Crippen LogP contribution in [0.3, 0.4) is 0 Å². The lowest BCUT2D eigenvalue weighted by Crippen LogP contribution is -2.35. The summed E-state index contributed by atoms with van der Waals surface area (Å²) in [5.41, 5.74) is 2.73. The van der Waals surface area contributed by atoms with Crippen LogP contribution in [0.15, 0.2) is 48.5 Å².